The predicted octanol–water partition coefficient (Wildman–Crippen LogP) is 3.01. The summed E-state index contributed by atoms with van der Waals surface area (Å²) < 4.78 is 16.2. The van der Waals surface area contributed by atoms with Crippen molar-refractivity contribution in [3.63, 3.8) is 0 Å². The van der Waals surface area contributed by atoms with E-state index in [-0.39, 0.29) is 5.69 Å². The quantitative estimate of drug-likeness (QED) is 0.642. The van der Waals surface area contributed by atoms with Gasteiger partial charge in [-0.3, -0.25) is 15.0 Å². The van der Waals surface area contributed by atoms with E-state index in [2.05, 4.69) is 21.4 Å². The summed E-state index contributed by atoms with van der Waals surface area (Å²) in [4.78, 5) is 16.4. The van der Waals surface area contributed by atoms with Crippen molar-refractivity contribution in [2.45, 2.75) is 25.9 Å². The average Bonchev–Trinajstić information content (AvgIpc) is 3.05. The molecular formula is C16H19FN4O2. The van der Waals surface area contributed by atoms with Crippen molar-refractivity contribution in [1.29, 1.82) is 0 Å². The van der Waals surface area contributed by atoms with Crippen molar-refractivity contribution in [2.75, 3.05) is 13.1 Å². The average molecular weight is 318 g/mol. The molecule has 0 N–H and O–H groups in total. The highest BCUT2D eigenvalue weighted by atomic mass is 19.1. The molecule has 2 aromatic rings. The van der Waals surface area contributed by atoms with Gasteiger partial charge >= 0.3 is 0 Å². The molecule has 7 heteroatoms. The minimum absolute atomic E-state index is 0.213. The first-order valence-corrected chi connectivity index (χ1v) is 7.67. The van der Waals surface area contributed by atoms with Crippen LogP contribution in [0.15, 0.2) is 36.9 Å². The Hall–Kier alpha value is -2.28. The van der Waals surface area contributed by atoms with Crippen LogP contribution < -0.4 is 0 Å². The Morgan fingerprint density at radius 2 is 2.30 bits per heavy atom. The van der Waals surface area contributed by atoms with Gasteiger partial charge in [-0.05, 0) is 24.9 Å². The lowest BCUT2D eigenvalue weighted by Gasteiger charge is -2.37. The molecule has 0 aliphatic carbocycles. The zero-order valence-electron chi connectivity index (χ0n) is 12.9. The van der Waals surface area contributed by atoms with Crippen molar-refractivity contribution in [2.24, 2.45) is 5.92 Å². The largest absolute Gasteiger partial charge is 0.333 e. The highest BCUT2D eigenvalue weighted by molar-refractivity contribution is 5.34. The number of nitro groups is 1. The smallest absolute Gasteiger partial charge is 0.272 e. The van der Waals surface area contributed by atoms with Gasteiger partial charge in [-0.2, -0.15) is 0 Å². The number of benzene rings is 1. The van der Waals surface area contributed by atoms with Crippen molar-refractivity contribution >= 4 is 5.69 Å². The van der Waals surface area contributed by atoms with Crippen LogP contribution >= 0.6 is 0 Å². The molecular weight excluding hydrogens is 299 g/mol. The molecule has 1 aromatic heterocycles. The molecule has 1 aromatic carbocycles. The molecule has 0 saturated carbocycles. The number of likely N-dealkylation sites (tertiary alicyclic amines) is 1. The molecule has 0 bridgehead atoms. The number of nitro benzene ring substituents is 1. The topological polar surface area (TPSA) is 64.2 Å². The first-order chi connectivity index (χ1) is 11.0. The molecule has 1 aliphatic heterocycles. The van der Waals surface area contributed by atoms with Gasteiger partial charge in [-0.1, -0.05) is 6.92 Å². The highest BCUT2D eigenvalue weighted by Crippen LogP contribution is 2.29. The molecule has 122 valence electrons. The second kappa shape index (κ2) is 6.45. The van der Waals surface area contributed by atoms with Gasteiger partial charge in [-0.15, -0.1) is 0 Å². The monoisotopic (exact) mass is 318 g/mol. The van der Waals surface area contributed by atoms with E-state index in [1.807, 2.05) is 12.5 Å². The van der Waals surface area contributed by atoms with Crippen molar-refractivity contribution < 1.29 is 9.31 Å². The lowest BCUT2D eigenvalue weighted by atomic mass is 9.93. The third-order valence-corrected chi connectivity index (χ3v) is 4.55. The zero-order chi connectivity index (χ0) is 16.4. The van der Waals surface area contributed by atoms with Gasteiger partial charge in [0.25, 0.3) is 5.69 Å². The molecule has 0 amide bonds. The molecule has 6 nitrogen and oxygen atoms in total. The molecule has 0 spiro atoms. The van der Waals surface area contributed by atoms with Gasteiger partial charge in [0, 0.05) is 43.2 Å². The van der Waals surface area contributed by atoms with Crippen LogP contribution in [0.4, 0.5) is 10.1 Å². The molecule has 3 rings (SSSR count). The summed E-state index contributed by atoms with van der Waals surface area (Å²) in [7, 11) is 0. The first kappa shape index (κ1) is 15.6. The second-order valence-electron chi connectivity index (χ2n) is 6.11. The predicted molar refractivity (Wildman–Crippen MR) is 83.4 cm³/mol. The molecule has 0 unspecified atom stereocenters. The summed E-state index contributed by atoms with van der Waals surface area (Å²) in [6, 6.07) is 4.18. The number of non-ortho nitro benzene ring substituents is 1. The lowest BCUT2D eigenvalue weighted by molar-refractivity contribution is -0.385. The minimum Gasteiger partial charge on any atom is -0.333 e. The summed E-state index contributed by atoms with van der Waals surface area (Å²) in [5, 5.41) is 10.7. The van der Waals surface area contributed by atoms with Gasteiger partial charge in [-0.25, -0.2) is 9.37 Å². The molecule has 23 heavy (non-hydrogen) atoms. The maximum absolute atomic E-state index is 14.1. The molecule has 2 heterocycles. The van der Waals surface area contributed by atoms with Gasteiger partial charge in [0.15, 0.2) is 0 Å². The van der Waals surface area contributed by atoms with Crippen LogP contribution in [-0.2, 0) is 6.54 Å². The number of hydrogen-bond acceptors (Lipinski definition) is 4. The highest BCUT2D eigenvalue weighted by Gasteiger charge is 2.27. The lowest BCUT2D eigenvalue weighted by Crippen LogP contribution is -2.40. The maximum atomic E-state index is 14.1. The van der Waals surface area contributed by atoms with Crippen LogP contribution in [-0.4, -0.2) is 32.5 Å². The van der Waals surface area contributed by atoms with Gasteiger partial charge in [0.1, 0.15) is 5.82 Å². The summed E-state index contributed by atoms with van der Waals surface area (Å²) in [6.45, 7) is 4.38. The van der Waals surface area contributed by atoms with Crippen LogP contribution in [0.3, 0.4) is 0 Å². The van der Waals surface area contributed by atoms with Crippen LogP contribution in [0.25, 0.3) is 0 Å². The second-order valence-corrected chi connectivity index (χ2v) is 6.11. The first-order valence-electron chi connectivity index (χ1n) is 7.67. The number of aromatic nitrogens is 2. The van der Waals surface area contributed by atoms with Gasteiger partial charge in [0.05, 0.1) is 17.3 Å². The van der Waals surface area contributed by atoms with E-state index in [4.69, 9.17) is 0 Å². The maximum Gasteiger partial charge on any atom is 0.272 e. The fourth-order valence-corrected chi connectivity index (χ4v) is 3.13. The van der Waals surface area contributed by atoms with Crippen molar-refractivity contribution in [3.05, 3.63) is 58.4 Å². The van der Waals surface area contributed by atoms with Crippen LogP contribution in [0.2, 0.25) is 0 Å². The molecule has 2 atom stereocenters. The number of imidazole rings is 1. The number of halogens is 1. The standard InChI is InChI=1S/C16H19FN4O2/c1-12-4-6-19(10-16(12)20-7-5-18-11-20)9-13-2-3-14(21(22)23)8-15(13)17/h2-3,5,7-8,11-12,16H,4,6,9-10H2,1H3/t12-,16+/m0/s1. The van der Waals surface area contributed by atoms with E-state index in [0.29, 0.717) is 24.1 Å². The van der Waals surface area contributed by atoms with E-state index < -0.39 is 10.7 Å². The summed E-state index contributed by atoms with van der Waals surface area (Å²) >= 11 is 0. The number of nitrogens with zero attached hydrogens (tertiary/aromatic N) is 4. The van der Waals surface area contributed by atoms with Crippen LogP contribution in [0.5, 0.6) is 0 Å². The molecule has 0 radical (unpaired) electrons. The van der Waals surface area contributed by atoms with Crippen LogP contribution in [0.1, 0.15) is 24.9 Å². The summed E-state index contributed by atoms with van der Waals surface area (Å²) in [6.07, 6.45) is 6.56. The normalized spacial score (nSPS) is 22.2. The molecule has 1 saturated heterocycles. The Labute approximate surface area is 133 Å². The Bertz CT molecular complexity index is 689. The number of hydrogen-bond donors (Lipinski definition) is 0. The Morgan fingerprint density at radius 3 is 2.96 bits per heavy atom. The molecule has 1 aliphatic rings. The van der Waals surface area contributed by atoms with Gasteiger partial charge < -0.3 is 4.57 Å². The SMILES string of the molecule is C[C@H]1CCN(Cc2ccc([N+](=O)[O-])cc2F)C[C@H]1n1ccnc1. The Balaban J connectivity index is 1.72. The van der Waals surface area contributed by atoms with Crippen LogP contribution in [0, 0.1) is 21.8 Å². The number of piperidine rings is 1. The number of rotatable bonds is 4. The minimum atomic E-state index is -0.579. The third kappa shape index (κ3) is 3.39. The van der Waals surface area contributed by atoms with E-state index in [1.165, 1.54) is 12.1 Å². The summed E-state index contributed by atoms with van der Waals surface area (Å²) in [5.41, 5.74) is 0.282. The van der Waals surface area contributed by atoms with E-state index in [1.54, 1.807) is 6.20 Å². The van der Waals surface area contributed by atoms with E-state index in [0.717, 1.165) is 25.6 Å². The van der Waals surface area contributed by atoms with Crippen molar-refractivity contribution in [1.82, 2.24) is 14.5 Å². The molecule has 1 fully saturated rings. The van der Waals surface area contributed by atoms with Crippen molar-refractivity contribution in [3.8, 4) is 0 Å². The summed E-state index contributed by atoms with van der Waals surface area (Å²) in [5.74, 6) is 0.0131. The van der Waals surface area contributed by atoms with E-state index >= 15 is 0 Å². The Morgan fingerprint density at radius 1 is 1.48 bits per heavy atom. The van der Waals surface area contributed by atoms with E-state index in [9.17, 15) is 14.5 Å². The van der Waals surface area contributed by atoms with Gasteiger partial charge in [0.2, 0.25) is 0 Å². The Kier molecular flexibility index (Phi) is 4.38. The third-order valence-electron chi connectivity index (χ3n) is 4.55. The fourth-order valence-electron chi connectivity index (χ4n) is 3.13. The zero-order valence-corrected chi connectivity index (χ0v) is 12.9. The fraction of sp³-hybridized carbons (Fsp3) is 0.438.